The quantitative estimate of drug-likeness (QED) is 0.495. The van der Waals surface area contributed by atoms with Crippen LogP contribution >= 0.6 is 17.1 Å². The Morgan fingerprint density at radius 1 is 1.33 bits per heavy atom. The Morgan fingerprint density at radius 2 is 1.67 bits per heavy atom. The van der Waals surface area contributed by atoms with Gasteiger partial charge in [-0.25, -0.2) is 0 Å². The smallest absolute Gasteiger partial charge is 0.383 e. The van der Waals surface area contributed by atoms with Gasteiger partial charge in [0.05, 0.1) is 12.5 Å². The lowest BCUT2D eigenvalue weighted by atomic mass is 11.2. The summed E-state index contributed by atoms with van der Waals surface area (Å²) in [4.78, 5) is 0. The molecule has 0 unspecified atom stereocenters. The fraction of sp³-hybridized carbons (Fsp3) is 0. The number of hydrogen-bond acceptors (Lipinski definition) is 3. The lowest BCUT2D eigenvalue weighted by Crippen LogP contribution is -1.74. The Morgan fingerprint density at radius 3 is 1.89 bits per heavy atom. The van der Waals surface area contributed by atoms with Gasteiger partial charge in [-0.2, -0.15) is 0 Å². The third-order valence-electron chi connectivity index (χ3n) is 0.401. The van der Waals surface area contributed by atoms with Gasteiger partial charge in [0.1, 0.15) is 0 Å². The van der Waals surface area contributed by atoms with E-state index in [0.29, 0.717) is 0 Å². The third kappa shape index (κ3) is 4.52. The van der Waals surface area contributed by atoms with Crippen molar-refractivity contribution in [2.75, 3.05) is 0 Å². The Labute approximate surface area is 64.1 Å². The van der Waals surface area contributed by atoms with Gasteiger partial charge in [-0.1, -0.05) is 13.2 Å². The molecular weight excluding hydrogens is 179 g/mol. The minimum atomic E-state index is -2.62. The van der Waals surface area contributed by atoms with E-state index in [0.717, 1.165) is 12.5 Å². The average molecular weight is 185 g/mol. The molecule has 0 aliphatic heterocycles. The zero-order chi connectivity index (χ0) is 7.33. The van der Waals surface area contributed by atoms with E-state index >= 15 is 0 Å². The van der Waals surface area contributed by atoms with Crippen LogP contribution < -0.4 is 0 Å². The first-order valence-electron chi connectivity index (χ1n) is 2.00. The van der Waals surface area contributed by atoms with Crippen LogP contribution in [0.25, 0.3) is 0 Å². The zero-order valence-electron chi connectivity index (χ0n) is 4.62. The summed E-state index contributed by atoms with van der Waals surface area (Å²) < 4.78 is 9.26. The summed E-state index contributed by atoms with van der Waals surface area (Å²) in [5.74, 6) is -2.62. The first kappa shape index (κ1) is 9.02. The van der Waals surface area contributed by atoms with Crippen molar-refractivity contribution in [1.29, 1.82) is 0 Å². The van der Waals surface area contributed by atoms with E-state index in [9.17, 15) is 0 Å². The van der Waals surface area contributed by atoms with Crippen LogP contribution in [0.2, 0.25) is 0 Å². The highest BCUT2D eigenvalue weighted by molar-refractivity contribution is 8.22. The van der Waals surface area contributed by atoms with Crippen LogP contribution in [0.15, 0.2) is 25.7 Å². The molecule has 0 aliphatic carbocycles. The summed E-state index contributed by atoms with van der Waals surface area (Å²) in [5, 5.41) is 0. The summed E-state index contributed by atoms with van der Waals surface area (Å²) in [7, 11) is 0. The van der Waals surface area contributed by atoms with E-state index in [-0.39, 0.29) is 0 Å². The molecule has 0 heterocycles. The molecule has 0 aromatic carbocycles. The van der Waals surface area contributed by atoms with Crippen molar-refractivity contribution in [1.82, 2.24) is 0 Å². The molecule has 0 spiro atoms. The fourth-order valence-corrected chi connectivity index (χ4v) is 1.31. The van der Waals surface area contributed by atoms with Crippen molar-refractivity contribution in [3.8, 4) is 0 Å². The van der Waals surface area contributed by atoms with Crippen molar-refractivity contribution < 1.29 is 9.05 Å². The molecule has 5 heteroatoms. The van der Waals surface area contributed by atoms with Crippen molar-refractivity contribution in [2.45, 2.75) is 0 Å². The normalized spacial score (nSPS) is 9.89. The first-order chi connectivity index (χ1) is 4.12. The minimum Gasteiger partial charge on any atom is -0.433 e. The topological polar surface area (TPSA) is 18.5 Å². The monoisotopic (exact) mass is 184 g/mol. The van der Waals surface area contributed by atoms with E-state index in [1.807, 2.05) is 0 Å². The Bertz CT molecular complexity index is 145. The van der Waals surface area contributed by atoms with E-state index in [1.54, 1.807) is 0 Å². The van der Waals surface area contributed by atoms with Gasteiger partial charge in [0.2, 0.25) is 0 Å². The second-order valence-electron chi connectivity index (χ2n) is 0.975. The standard InChI is InChI=1S/C4H6ClO2PS/c1-3-6-8(5,9)7-4-2/h3-4H,1-2H2. The third-order valence-corrected chi connectivity index (χ3v) is 2.20. The van der Waals surface area contributed by atoms with E-state index in [2.05, 4.69) is 34.0 Å². The average Bonchev–Trinajstić information content (AvgIpc) is 1.64. The highest BCUT2D eigenvalue weighted by Gasteiger charge is 2.11. The molecule has 0 fully saturated rings. The maximum absolute atomic E-state index is 5.48. The lowest BCUT2D eigenvalue weighted by Gasteiger charge is -2.09. The summed E-state index contributed by atoms with van der Waals surface area (Å²) >= 11 is 10.1. The lowest BCUT2D eigenvalue weighted by molar-refractivity contribution is 0.424. The fourth-order valence-electron chi connectivity index (χ4n) is 0.203. The van der Waals surface area contributed by atoms with Gasteiger partial charge in [-0.3, -0.25) is 0 Å². The Balaban J connectivity index is 3.85. The summed E-state index contributed by atoms with van der Waals surface area (Å²) in [5.41, 5.74) is 0. The van der Waals surface area contributed by atoms with Crippen LogP contribution in [0.3, 0.4) is 0 Å². The largest absolute Gasteiger partial charge is 0.433 e. The number of rotatable bonds is 4. The molecule has 0 amide bonds. The molecule has 0 saturated heterocycles. The van der Waals surface area contributed by atoms with Gasteiger partial charge in [0.25, 0.3) is 0 Å². The predicted molar refractivity (Wildman–Crippen MR) is 42.7 cm³/mol. The van der Waals surface area contributed by atoms with Gasteiger partial charge >= 0.3 is 5.84 Å². The number of halogens is 1. The first-order valence-corrected chi connectivity index (χ1v) is 5.55. The summed E-state index contributed by atoms with van der Waals surface area (Å²) in [6, 6.07) is 0. The van der Waals surface area contributed by atoms with Crippen molar-refractivity contribution >= 4 is 28.9 Å². The highest BCUT2D eigenvalue weighted by Crippen LogP contribution is 2.54. The maximum Gasteiger partial charge on any atom is 0.383 e. The van der Waals surface area contributed by atoms with Crippen molar-refractivity contribution in [3.05, 3.63) is 25.7 Å². The molecule has 0 atom stereocenters. The summed E-state index contributed by atoms with van der Waals surface area (Å²) in [6.07, 6.45) is 2.30. The second-order valence-corrected chi connectivity index (χ2v) is 5.64. The molecule has 0 aromatic rings. The van der Waals surface area contributed by atoms with Crippen molar-refractivity contribution in [3.63, 3.8) is 0 Å². The van der Waals surface area contributed by atoms with Crippen LogP contribution in [0.4, 0.5) is 0 Å². The number of hydrogen-bond donors (Lipinski definition) is 0. The molecule has 0 rings (SSSR count). The molecule has 2 nitrogen and oxygen atoms in total. The molecular formula is C4H6ClO2PS. The Hall–Kier alpha value is 0.0200. The molecule has 0 bridgehead atoms. The molecule has 0 N–H and O–H groups in total. The van der Waals surface area contributed by atoms with E-state index < -0.39 is 5.84 Å². The van der Waals surface area contributed by atoms with Gasteiger partial charge in [-0.15, -0.1) is 0 Å². The summed E-state index contributed by atoms with van der Waals surface area (Å²) in [6.45, 7) is 6.54. The SMILES string of the molecule is C=COP(=S)(Cl)OC=C. The molecule has 0 radical (unpaired) electrons. The van der Waals surface area contributed by atoms with Crippen LogP contribution in [-0.4, -0.2) is 0 Å². The minimum absolute atomic E-state index is 1.15. The van der Waals surface area contributed by atoms with E-state index in [1.165, 1.54) is 0 Å². The molecule has 0 aliphatic rings. The Kier molecular flexibility index (Phi) is 3.95. The predicted octanol–water partition coefficient (Wildman–Crippen LogP) is 2.77. The molecule has 52 valence electrons. The molecule has 0 aromatic heterocycles. The van der Waals surface area contributed by atoms with Crippen LogP contribution in [0, 0.1) is 0 Å². The van der Waals surface area contributed by atoms with Crippen LogP contribution in [0.1, 0.15) is 0 Å². The van der Waals surface area contributed by atoms with Gasteiger partial charge in [0.15, 0.2) is 0 Å². The van der Waals surface area contributed by atoms with Gasteiger partial charge < -0.3 is 9.05 Å². The highest BCUT2D eigenvalue weighted by atomic mass is 35.7. The second kappa shape index (κ2) is 3.94. The van der Waals surface area contributed by atoms with E-state index in [4.69, 9.17) is 11.2 Å². The van der Waals surface area contributed by atoms with Crippen LogP contribution in [0.5, 0.6) is 0 Å². The van der Waals surface area contributed by atoms with Crippen molar-refractivity contribution in [2.24, 2.45) is 0 Å². The van der Waals surface area contributed by atoms with Gasteiger partial charge in [-0.05, 0) is 11.2 Å². The zero-order valence-corrected chi connectivity index (χ0v) is 7.09. The molecule has 0 saturated carbocycles. The maximum atomic E-state index is 5.48. The molecule has 9 heavy (non-hydrogen) atoms. The van der Waals surface area contributed by atoms with Crippen LogP contribution in [-0.2, 0) is 20.9 Å². The van der Waals surface area contributed by atoms with Gasteiger partial charge in [0, 0.05) is 11.8 Å².